The molecule has 0 atom stereocenters. The average molecular weight is 354 g/mol. The molecule has 0 radical (unpaired) electrons. The van der Waals surface area contributed by atoms with Crippen LogP contribution in [0.15, 0.2) is 29.1 Å². The minimum absolute atomic E-state index is 0.453. The van der Waals surface area contributed by atoms with Gasteiger partial charge in [-0.2, -0.15) is 0 Å². The van der Waals surface area contributed by atoms with Crippen molar-refractivity contribution in [1.82, 2.24) is 14.9 Å². The van der Waals surface area contributed by atoms with Crippen molar-refractivity contribution in [2.75, 3.05) is 14.2 Å². The second kappa shape index (κ2) is 7.47. The van der Waals surface area contributed by atoms with Gasteiger partial charge in [0, 0.05) is 13.1 Å². The SMILES string of the molecule is CCn1cncc1COc1c(Br)cc(CNC)cc1OC. The van der Waals surface area contributed by atoms with Crippen molar-refractivity contribution in [3.8, 4) is 11.5 Å². The Balaban J connectivity index is 2.19. The number of aromatic nitrogens is 2. The smallest absolute Gasteiger partial charge is 0.175 e. The van der Waals surface area contributed by atoms with Crippen molar-refractivity contribution in [2.24, 2.45) is 0 Å². The fraction of sp³-hybridized carbons (Fsp3) is 0.400. The topological polar surface area (TPSA) is 48.3 Å². The van der Waals surface area contributed by atoms with Crippen LogP contribution in [-0.4, -0.2) is 23.7 Å². The molecule has 0 aliphatic heterocycles. The molecule has 2 rings (SSSR count). The third kappa shape index (κ3) is 3.77. The molecule has 0 saturated carbocycles. The standard InChI is InChI=1S/C15H20BrN3O2/c1-4-19-10-18-8-12(19)9-21-15-13(16)5-11(7-17-2)6-14(15)20-3/h5-6,8,10,17H,4,7,9H2,1-3H3. The molecule has 0 bridgehead atoms. The number of hydrogen-bond donors (Lipinski definition) is 1. The number of aryl methyl sites for hydroxylation is 1. The van der Waals surface area contributed by atoms with Crippen molar-refractivity contribution < 1.29 is 9.47 Å². The number of methoxy groups -OCH3 is 1. The van der Waals surface area contributed by atoms with E-state index in [1.165, 1.54) is 0 Å². The van der Waals surface area contributed by atoms with E-state index in [4.69, 9.17) is 9.47 Å². The highest BCUT2D eigenvalue weighted by molar-refractivity contribution is 9.10. The number of ether oxygens (including phenoxy) is 2. The van der Waals surface area contributed by atoms with Gasteiger partial charge in [-0.3, -0.25) is 0 Å². The van der Waals surface area contributed by atoms with Crippen LogP contribution in [0.1, 0.15) is 18.2 Å². The maximum atomic E-state index is 5.93. The maximum absolute atomic E-state index is 5.93. The van der Waals surface area contributed by atoms with Crippen molar-refractivity contribution >= 4 is 15.9 Å². The summed E-state index contributed by atoms with van der Waals surface area (Å²) in [5.41, 5.74) is 2.16. The Kier molecular flexibility index (Phi) is 5.64. The minimum atomic E-state index is 0.453. The van der Waals surface area contributed by atoms with E-state index >= 15 is 0 Å². The summed E-state index contributed by atoms with van der Waals surface area (Å²) in [6.07, 6.45) is 3.63. The summed E-state index contributed by atoms with van der Waals surface area (Å²) in [5, 5.41) is 3.12. The van der Waals surface area contributed by atoms with Crippen molar-refractivity contribution in [1.29, 1.82) is 0 Å². The van der Waals surface area contributed by atoms with Crippen molar-refractivity contribution in [3.05, 3.63) is 40.4 Å². The molecule has 114 valence electrons. The Morgan fingerprint density at radius 2 is 2.19 bits per heavy atom. The zero-order valence-electron chi connectivity index (χ0n) is 12.5. The third-order valence-electron chi connectivity index (χ3n) is 3.17. The van der Waals surface area contributed by atoms with Gasteiger partial charge in [0.15, 0.2) is 11.5 Å². The number of nitrogens with zero attached hydrogens (tertiary/aromatic N) is 2. The summed E-state index contributed by atoms with van der Waals surface area (Å²) >= 11 is 3.55. The Morgan fingerprint density at radius 1 is 1.38 bits per heavy atom. The van der Waals surface area contributed by atoms with Crippen LogP contribution in [0.2, 0.25) is 0 Å². The van der Waals surface area contributed by atoms with E-state index in [1.54, 1.807) is 13.4 Å². The first-order valence-corrected chi connectivity index (χ1v) is 7.61. The van der Waals surface area contributed by atoms with Gasteiger partial charge in [-0.1, -0.05) is 0 Å². The van der Waals surface area contributed by atoms with Gasteiger partial charge < -0.3 is 19.4 Å². The summed E-state index contributed by atoms with van der Waals surface area (Å²) in [5.74, 6) is 1.43. The second-order valence-corrected chi connectivity index (χ2v) is 5.45. The van der Waals surface area contributed by atoms with Crippen LogP contribution >= 0.6 is 15.9 Å². The first-order chi connectivity index (χ1) is 10.2. The molecule has 6 heteroatoms. The fourth-order valence-corrected chi connectivity index (χ4v) is 2.72. The summed E-state index contributed by atoms with van der Waals surface area (Å²) in [6, 6.07) is 4.01. The van der Waals surface area contributed by atoms with Gasteiger partial charge in [0.05, 0.1) is 29.8 Å². The molecule has 0 spiro atoms. The molecule has 21 heavy (non-hydrogen) atoms. The lowest BCUT2D eigenvalue weighted by molar-refractivity contribution is 0.274. The molecule has 1 N–H and O–H groups in total. The highest BCUT2D eigenvalue weighted by atomic mass is 79.9. The van der Waals surface area contributed by atoms with E-state index in [0.717, 1.165) is 34.6 Å². The van der Waals surface area contributed by atoms with Gasteiger partial charge in [-0.25, -0.2) is 4.98 Å². The zero-order chi connectivity index (χ0) is 15.2. The van der Waals surface area contributed by atoms with E-state index in [2.05, 4.69) is 37.7 Å². The number of imidazole rings is 1. The van der Waals surface area contributed by atoms with Gasteiger partial charge in [0.25, 0.3) is 0 Å². The van der Waals surface area contributed by atoms with E-state index < -0.39 is 0 Å². The van der Waals surface area contributed by atoms with Crippen molar-refractivity contribution in [2.45, 2.75) is 26.6 Å². The molecule has 0 aliphatic carbocycles. The van der Waals surface area contributed by atoms with Gasteiger partial charge in [-0.05, 0) is 47.6 Å². The molecular weight excluding hydrogens is 334 g/mol. The van der Waals surface area contributed by atoms with Crippen LogP contribution in [0, 0.1) is 0 Å². The lowest BCUT2D eigenvalue weighted by Crippen LogP contribution is -2.07. The molecule has 0 saturated heterocycles. The normalized spacial score (nSPS) is 10.7. The third-order valence-corrected chi connectivity index (χ3v) is 3.76. The van der Waals surface area contributed by atoms with Crippen LogP contribution in [0.4, 0.5) is 0 Å². The number of benzene rings is 1. The van der Waals surface area contributed by atoms with Crippen LogP contribution in [0.3, 0.4) is 0 Å². The Labute approximate surface area is 133 Å². The highest BCUT2D eigenvalue weighted by Crippen LogP contribution is 2.37. The Bertz CT molecular complexity index is 599. The molecule has 0 amide bonds. The number of nitrogens with one attached hydrogen (secondary N) is 1. The molecule has 0 aliphatic rings. The van der Waals surface area contributed by atoms with Gasteiger partial charge in [0.1, 0.15) is 6.61 Å². The molecule has 0 unspecified atom stereocenters. The second-order valence-electron chi connectivity index (χ2n) is 4.60. The highest BCUT2D eigenvalue weighted by Gasteiger charge is 2.12. The number of halogens is 1. The quantitative estimate of drug-likeness (QED) is 0.831. The van der Waals surface area contributed by atoms with Gasteiger partial charge in [0.2, 0.25) is 0 Å². The first-order valence-electron chi connectivity index (χ1n) is 6.82. The van der Waals surface area contributed by atoms with Crippen LogP contribution < -0.4 is 14.8 Å². The number of hydrogen-bond acceptors (Lipinski definition) is 4. The van der Waals surface area contributed by atoms with Gasteiger partial charge >= 0.3 is 0 Å². The Morgan fingerprint density at radius 3 is 2.86 bits per heavy atom. The van der Waals surface area contributed by atoms with Crippen LogP contribution in [0.25, 0.3) is 0 Å². The molecule has 1 aromatic carbocycles. The first kappa shape index (κ1) is 15.9. The summed E-state index contributed by atoms with van der Waals surface area (Å²) in [7, 11) is 3.56. The maximum Gasteiger partial charge on any atom is 0.175 e. The zero-order valence-corrected chi connectivity index (χ0v) is 14.1. The molecule has 0 fully saturated rings. The molecule has 1 aromatic heterocycles. The molecule has 2 aromatic rings. The fourth-order valence-electron chi connectivity index (χ4n) is 2.12. The largest absolute Gasteiger partial charge is 0.493 e. The lowest BCUT2D eigenvalue weighted by Gasteiger charge is -2.15. The molecular formula is C15H20BrN3O2. The summed E-state index contributed by atoms with van der Waals surface area (Å²) < 4.78 is 14.3. The van der Waals surface area contributed by atoms with Crippen LogP contribution in [-0.2, 0) is 19.7 Å². The summed E-state index contributed by atoms with van der Waals surface area (Å²) in [4.78, 5) is 4.14. The molecule has 5 nitrogen and oxygen atoms in total. The molecule has 1 heterocycles. The van der Waals surface area contributed by atoms with Crippen LogP contribution in [0.5, 0.6) is 11.5 Å². The number of rotatable bonds is 7. The van der Waals surface area contributed by atoms with Crippen molar-refractivity contribution in [3.63, 3.8) is 0 Å². The minimum Gasteiger partial charge on any atom is -0.493 e. The predicted octanol–water partition coefficient (Wildman–Crippen LogP) is 2.97. The summed E-state index contributed by atoms with van der Waals surface area (Å²) in [6.45, 7) is 4.18. The van der Waals surface area contributed by atoms with E-state index in [-0.39, 0.29) is 0 Å². The monoisotopic (exact) mass is 353 g/mol. The van der Waals surface area contributed by atoms with E-state index in [1.807, 2.05) is 25.4 Å². The van der Waals surface area contributed by atoms with E-state index in [9.17, 15) is 0 Å². The Hall–Kier alpha value is -1.53. The average Bonchev–Trinajstić information content (AvgIpc) is 2.93. The van der Waals surface area contributed by atoms with E-state index in [0.29, 0.717) is 12.4 Å². The van der Waals surface area contributed by atoms with Gasteiger partial charge in [-0.15, -0.1) is 0 Å². The predicted molar refractivity (Wildman–Crippen MR) is 85.7 cm³/mol. The lowest BCUT2D eigenvalue weighted by atomic mass is 10.2.